The molecule has 0 amide bonds. The van der Waals surface area contributed by atoms with Gasteiger partial charge < -0.3 is 15.4 Å². The minimum Gasteiger partial charge on any atom is -0.394 e. The van der Waals surface area contributed by atoms with Crippen LogP contribution in [0.15, 0.2) is 0 Å². The molecular formula is C14H24N4O. The van der Waals surface area contributed by atoms with Gasteiger partial charge in [-0.2, -0.15) is 5.10 Å². The number of nitrogen functional groups attached to an aromatic ring is 1. The molecule has 0 radical (unpaired) electrons. The molecule has 1 aliphatic heterocycles. The average Bonchev–Trinajstić information content (AvgIpc) is 2.74. The van der Waals surface area contributed by atoms with Crippen molar-refractivity contribution < 1.29 is 4.74 Å². The van der Waals surface area contributed by atoms with Gasteiger partial charge in [0.2, 0.25) is 0 Å². The molecule has 2 aliphatic rings. The predicted octanol–water partition coefficient (Wildman–Crippen LogP) is 1.94. The second-order valence-electron chi connectivity index (χ2n) is 5.59. The quantitative estimate of drug-likeness (QED) is 0.887. The molecule has 5 heteroatoms. The number of morpholine rings is 1. The normalized spacial score (nSPS) is 27.4. The predicted molar refractivity (Wildman–Crippen MR) is 76.4 cm³/mol. The molecule has 2 N–H and O–H groups in total. The molecule has 5 nitrogen and oxygen atoms in total. The van der Waals surface area contributed by atoms with E-state index in [2.05, 4.69) is 16.9 Å². The van der Waals surface area contributed by atoms with E-state index >= 15 is 0 Å². The maximum absolute atomic E-state index is 6.27. The first-order valence-electron chi connectivity index (χ1n) is 7.43. The van der Waals surface area contributed by atoms with E-state index in [1.54, 1.807) is 0 Å². The van der Waals surface area contributed by atoms with Gasteiger partial charge in [0.25, 0.3) is 0 Å². The van der Waals surface area contributed by atoms with Crippen molar-refractivity contribution in [2.75, 3.05) is 23.8 Å². The Hall–Kier alpha value is -1.23. The van der Waals surface area contributed by atoms with Crippen molar-refractivity contribution in [3.05, 3.63) is 5.69 Å². The number of ether oxygens (including phenoxy) is 1. The van der Waals surface area contributed by atoms with Gasteiger partial charge in [-0.3, -0.25) is 0 Å². The van der Waals surface area contributed by atoms with Crippen molar-refractivity contribution in [2.45, 2.75) is 58.2 Å². The fraction of sp³-hybridized carbons (Fsp3) is 0.786. The number of hydrogen-bond donors (Lipinski definition) is 1. The van der Waals surface area contributed by atoms with Crippen LogP contribution in [0.4, 0.5) is 11.5 Å². The first kappa shape index (κ1) is 12.8. The van der Waals surface area contributed by atoms with E-state index in [1.165, 1.54) is 25.7 Å². The highest BCUT2D eigenvalue weighted by Crippen LogP contribution is 2.35. The Morgan fingerprint density at radius 3 is 2.95 bits per heavy atom. The third-order valence-corrected chi connectivity index (χ3v) is 4.45. The molecule has 2 fully saturated rings. The molecule has 1 saturated carbocycles. The third-order valence-electron chi connectivity index (χ3n) is 4.45. The summed E-state index contributed by atoms with van der Waals surface area (Å²) in [4.78, 5) is 2.45. The Morgan fingerprint density at radius 2 is 2.16 bits per heavy atom. The second-order valence-corrected chi connectivity index (χ2v) is 5.59. The lowest BCUT2D eigenvalue weighted by atomic mass is 9.90. The van der Waals surface area contributed by atoms with Gasteiger partial charge in [0.05, 0.1) is 30.1 Å². The highest BCUT2D eigenvalue weighted by molar-refractivity contribution is 5.67. The third kappa shape index (κ3) is 2.10. The number of aryl methyl sites for hydroxylation is 2. The molecule has 1 saturated heterocycles. The van der Waals surface area contributed by atoms with Crippen LogP contribution in [-0.2, 0) is 11.3 Å². The lowest BCUT2D eigenvalue weighted by Gasteiger charge is -2.45. The minimum absolute atomic E-state index is 0.377. The molecule has 3 rings (SSSR count). The zero-order valence-corrected chi connectivity index (χ0v) is 11.9. The zero-order valence-electron chi connectivity index (χ0n) is 11.9. The van der Waals surface area contributed by atoms with Crippen LogP contribution < -0.4 is 10.6 Å². The number of fused-ring (bicyclic) bond motifs is 1. The number of hydrogen-bond acceptors (Lipinski definition) is 4. The molecule has 0 spiro atoms. The van der Waals surface area contributed by atoms with Gasteiger partial charge in [0, 0.05) is 13.1 Å². The maximum atomic E-state index is 6.27. The van der Waals surface area contributed by atoms with Crippen molar-refractivity contribution in [3.63, 3.8) is 0 Å². The molecule has 19 heavy (non-hydrogen) atoms. The lowest BCUT2D eigenvalue weighted by Crippen LogP contribution is -2.53. The monoisotopic (exact) mass is 264 g/mol. The van der Waals surface area contributed by atoms with Gasteiger partial charge in [-0.05, 0) is 26.7 Å². The zero-order chi connectivity index (χ0) is 13.4. The molecule has 1 aromatic heterocycles. The summed E-state index contributed by atoms with van der Waals surface area (Å²) in [6.07, 6.45) is 5.34. The van der Waals surface area contributed by atoms with E-state index in [0.717, 1.165) is 36.9 Å². The van der Waals surface area contributed by atoms with Crippen LogP contribution in [-0.4, -0.2) is 35.1 Å². The number of nitrogens with zero attached hydrogens (tertiary/aromatic N) is 3. The SMILES string of the molecule is CCn1nc(C)c(N)c1N1CCOC2CCCCC21. The highest BCUT2D eigenvalue weighted by Gasteiger charge is 2.36. The van der Waals surface area contributed by atoms with E-state index in [1.807, 2.05) is 11.6 Å². The van der Waals surface area contributed by atoms with Gasteiger partial charge >= 0.3 is 0 Å². The Morgan fingerprint density at radius 1 is 1.37 bits per heavy atom. The topological polar surface area (TPSA) is 56.3 Å². The van der Waals surface area contributed by atoms with Crippen LogP contribution in [0.1, 0.15) is 38.3 Å². The summed E-state index contributed by atoms with van der Waals surface area (Å²) in [5.41, 5.74) is 8.05. The number of aromatic nitrogens is 2. The maximum Gasteiger partial charge on any atom is 0.151 e. The van der Waals surface area contributed by atoms with E-state index in [4.69, 9.17) is 10.5 Å². The van der Waals surface area contributed by atoms with Crippen molar-refractivity contribution in [2.24, 2.45) is 0 Å². The van der Waals surface area contributed by atoms with Gasteiger partial charge in [0.15, 0.2) is 5.82 Å². The van der Waals surface area contributed by atoms with Crippen LogP contribution >= 0.6 is 0 Å². The summed E-state index contributed by atoms with van der Waals surface area (Å²) in [6, 6.07) is 0.478. The highest BCUT2D eigenvalue weighted by atomic mass is 16.5. The Kier molecular flexibility index (Phi) is 3.39. The van der Waals surface area contributed by atoms with Crippen molar-refractivity contribution >= 4 is 11.5 Å². The van der Waals surface area contributed by atoms with Crippen LogP contribution in [0, 0.1) is 6.92 Å². The van der Waals surface area contributed by atoms with Crippen molar-refractivity contribution in [1.82, 2.24) is 9.78 Å². The summed E-state index contributed by atoms with van der Waals surface area (Å²) < 4.78 is 7.98. The minimum atomic E-state index is 0.377. The standard InChI is InChI=1S/C14H24N4O/c1-3-18-14(13(15)10(2)16-18)17-8-9-19-12-7-5-4-6-11(12)17/h11-12H,3-9,15H2,1-2H3. The smallest absolute Gasteiger partial charge is 0.151 e. The van der Waals surface area contributed by atoms with E-state index in [0.29, 0.717) is 12.1 Å². The molecule has 1 aromatic rings. The molecule has 0 bridgehead atoms. The van der Waals surface area contributed by atoms with Gasteiger partial charge in [-0.1, -0.05) is 12.8 Å². The summed E-state index contributed by atoms with van der Waals surface area (Å²) >= 11 is 0. The molecule has 2 heterocycles. The van der Waals surface area contributed by atoms with Crippen LogP contribution in [0.3, 0.4) is 0 Å². The van der Waals surface area contributed by atoms with Crippen LogP contribution in [0.5, 0.6) is 0 Å². The molecule has 0 aromatic carbocycles. The number of nitrogens with two attached hydrogens (primary N) is 1. The molecule has 2 unspecified atom stereocenters. The number of anilines is 2. The van der Waals surface area contributed by atoms with Crippen molar-refractivity contribution in [3.8, 4) is 0 Å². The summed E-state index contributed by atoms with van der Waals surface area (Å²) in [5, 5.41) is 4.55. The summed E-state index contributed by atoms with van der Waals surface area (Å²) in [5.74, 6) is 1.11. The largest absolute Gasteiger partial charge is 0.394 e. The van der Waals surface area contributed by atoms with E-state index in [9.17, 15) is 0 Å². The molecule has 1 aliphatic carbocycles. The lowest BCUT2D eigenvalue weighted by molar-refractivity contribution is -0.00923. The van der Waals surface area contributed by atoms with Crippen LogP contribution in [0.25, 0.3) is 0 Å². The molecule has 2 atom stereocenters. The number of rotatable bonds is 2. The van der Waals surface area contributed by atoms with Gasteiger partial charge in [-0.25, -0.2) is 4.68 Å². The van der Waals surface area contributed by atoms with Crippen LogP contribution in [0.2, 0.25) is 0 Å². The average molecular weight is 264 g/mol. The Bertz CT molecular complexity index is 455. The Labute approximate surface area is 114 Å². The van der Waals surface area contributed by atoms with Gasteiger partial charge in [0.1, 0.15) is 0 Å². The van der Waals surface area contributed by atoms with E-state index < -0.39 is 0 Å². The first-order valence-corrected chi connectivity index (χ1v) is 7.43. The van der Waals surface area contributed by atoms with Crippen molar-refractivity contribution in [1.29, 1.82) is 0 Å². The van der Waals surface area contributed by atoms with Gasteiger partial charge in [-0.15, -0.1) is 0 Å². The van der Waals surface area contributed by atoms with E-state index in [-0.39, 0.29) is 0 Å². The summed E-state index contributed by atoms with van der Waals surface area (Å²) in [6.45, 7) is 6.70. The second kappa shape index (κ2) is 5.04. The summed E-state index contributed by atoms with van der Waals surface area (Å²) in [7, 11) is 0. The fourth-order valence-corrected chi connectivity index (χ4v) is 3.47. The Balaban J connectivity index is 1.95. The molecular weight excluding hydrogens is 240 g/mol. The fourth-order valence-electron chi connectivity index (χ4n) is 3.47. The molecule has 106 valence electrons. The first-order chi connectivity index (χ1) is 9.22.